The van der Waals surface area contributed by atoms with Gasteiger partial charge >= 0.3 is 0 Å². The summed E-state index contributed by atoms with van der Waals surface area (Å²) in [6.07, 6.45) is 1.43. The van der Waals surface area contributed by atoms with Crippen molar-refractivity contribution in [3.8, 4) is 24.1 Å². The molecule has 0 aromatic carbocycles. The predicted molar refractivity (Wildman–Crippen MR) is 58.3 cm³/mol. The maximum absolute atomic E-state index is 8.80. The molecule has 1 heterocycles. The minimum absolute atomic E-state index is 0.109. The van der Waals surface area contributed by atoms with E-state index >= 15 is 0 Å². The van der Waals surface area contributed by atoms with E-state index in [1.165, 1.54) is 13.3 Å². The maximum Gasteiger partial charge on any atom is 0.213 e. The maximum atomic E-state index is 8.80. The average Bonchev–Trinajstić information content (AvgIpc) is 2.39. The fourth-order valence-electron chi connectivity index (χ4n) is 1.00. The number of nitrogens with one attached hydrogen (secondary N) is 1. The SMILES string of the molecule is COc1ccc(NC(C#N)=C(C#N)C#N)cn1. The van der Waals surface area contributed by atoms with Crippen molar-refractivity contribution in [1.29, 1.82) is 15.8 Å². The van der Waals surface area contributed by atoms with Crippen LogP contribution in [-0.4, -0.2) is 12.1 Å². The van der Waals surface area contributed by atoms with Gasteiger partial charge in [0.05, 0.1) is 19.0 Å². The fourth-order valence-corrected chi connectivity index (χ4v) is 1.00. The molecule has 0 aliphatic rings. The van der Waals surface area contributed by atoms with Crippen molar-refractivity contribution in [1.82, 2.24) is 4.98 Å². The first-order chi connectivity index (χ1) is 8.24. The lowest BCUT2D eigenvalue weighted by Gasteiger charge is -2.04. The van der Waals surface area contributed by atoms with Gasteiger partial charge in [0.15, 0.2) is 5.57 Å². The van der Waals surface area contributed by atoms with E-state index in [0.717, 1.165) is 0 Å². The summed E-state index contributed by atoms with van der Waals surface area (Å²) >= 11 is 0. The zero-order chi connectivity index (χ0) is 12.7. The molecule has 1 rings (SSSR count). The van der Waals surface area contributed by atoms with E-state index in [0.29, 0.717) is 11.6 Å². The molecule has 0 fully saturated rings. The number of rotatable bonds is 3. The molecule has 0 spiro atoms. The molecule has 1 aromatic rings. The smallest absolute Gasteiger partial charge is 0.213 e. The van der Waals surface area contributed by atoms with Gasteiger partial charge < -0.3 is 10.1 Å². The van der Waals surface area contributed by atoms with Gasteiger partial charge in [-0.25, -0.2) is 4.98 Å². The van der Waals surface area contributed by atoms with E-state index in [2.05, 4.69) is 10.3 Å². The van der Waals surface area contributed by atoms with Crippen molar-refractivity contribution in [2.45, 2.75) is 0 Å². The summed E-state index contributed by atoms with van der Waals surface area (Å²) in [7, 11) is 1.49. The summed E-state index contributed by atoms with van der Waals surface area (Å²) in [6, 6.07) is 8.23. The van der Waals surface area contributed by atoms with Crippen molar-refractivity contribution in [3.63, 3.8) is 0 Å². The van der Waals surface area contributed by atoms with Gasteiger partial charge in [-0.3, -0.25) is 0 Å². The second-order valence-corrected chi connectivity index (χ2v) is 2.80. The van der Waals surface area contributed by atoms with E-state index in [9.17, 15) is 0 Å². The molecule has 0 bridgehead atoms. The summed E-state index contributed by atoms with van der Waals surface area (Å²) in [5, 5.41) is 28.7. The topological polar surface area (TPSA) is 106 Å². The molecule has 1 N–H and O–H groups in total. The van der Waals surface area contributed by atoms with E-state index in [1.54, 1.807) is 30.3 Å². The van der Waals surface area contributed by atoms with Crippen LogP contribution in [0.4, 0.5) is 5.69 Å². The van der Waals surface area contributed by atoms with Gasteiger partial charge in [-0.05, 0) is 6.07 Å². The lowest BCUT2D eigenvalue weighted by Crippen LogP contribution is -2.01. The summed E-state index contributed by atoms with van der Waals surface area (Å²) in [4.78, 5) is 3.91. The summed E-state index contributed by atoms with van der Waals surface area (Å²) in [5.74, 6) is 0.429. The third-order valence-corrected chi connectivity index (χ3v) is 1.80. The zero-order valence-corrected chi connectivity index (χ0v) is 8.93. The first-order valence-electron chi connectivity index (χ1n) is 4.46. The Kier molecular flexibility index (Phi) is 4.07. The van der Waals surface area contributed by atoms with E-state index in [4.69, 9.17) is 20.5 Å². The Morgan fingerprint density at radius 2 is 1.94 bits per heavy atom. The minimum Gasteiger partial charge on any atom is -0.481 e. The number of nitriles is 3. The van der Waals surface area contributed by atoms with Gasteiger partial charge in [0, 0.05) is 6.07 Å². The molecule has 0 radical (unpaired) electrons. The zero-order valence-electron chi connectivity index (χ0n) is 8.93. The number of methoxy groups -OCH3 is 1. The molecule has 0 unspecified atom stereocenters. The van der Waals surface area contributed by atoms with Crippen LogP contribution < -0.4 is 10.1 Å². The molecule has 17 heavy (non-hydrogen) atoms. The van der Waals surface area contributed by atoms with Crippen molar-refractivity contribution in [3.05, 3.63) is 29.6 Å². The Balaban J connectivity index is 2.98. The molecule has 6 heteroatoms. The molecule has 0 amide bonds. The number of hydrogen-bond acceptors (Lipinski definition) is 6. The van der Waals surface area contributed by atoms with Crippen LogP contribution in [0.1, 0.15) is 0 Å². The summed E-state index contributed by atoms with van der Waals surface area (Å²) < 4.78 is 4.87. The molecule has 1 aromatic heterocycles. The second kappa shape index (κ2) is 5.75. The molecule has 0 saturated heterocycles. The largest absolute Gasteiger partial charge is 0.481 e. The highest BCUT2D eigenvalue weighted by Crippen LogP contribution is 2.14. The standard InChI is InChI=1S/C11H7N5O/c1-17-11-3-2-9(7-15-11)16-10(6-14)8(4-12)5-13/h2-3,7,16H,1H3. The minimum atomic E-state index is -0.275. The number of ether oxygens (including phenoxy) is 1. The van der Waals surface area contributed by atoms with Gasteiger partial charge in [-0.15, -0.1) is 0 Å². The highest BCUT2D eigenvalue weighted by Gasteiger charge is 2.06. The van der Waals surface area contributed by atoms with Crippen LogP contribution in [0.25, 0.3) is 0 Å². The van der Waals surface area contributed by atoms with E-state index in [-0.39, 0.29) is 11.3 Å². The number of aromatic nitrogens is 1. The lowest BCUT2D eigenvalue weighted by molar-refractivity contribution is 0.398. The quantitative estimate of drug-likeness (QED) is 0.777. The van der Waals surface area contributed by atoms with Crippen LogP contribution in [0.5, 0.6) is 5.88 Å². The normalized spacial score (nSPS) is 8.12. The van der Waals surface area contributed by atoms with Crippen LogP contribution in [0.2, 0.25) is 0 Å². The van der Waals surface area contributed by atoms with Gasteiger partial charge in [0.1, 0.15) is 23.9 Å². The molecule has 0 aliphatic carbocycles. The molecule has 0 atom stereocenters. The Morgan fingerprint density at radius 3 is 2.35 bits per heavy atom. The van der Waals surface area contributed by atoms with Crippen LogP contribution in [0, 0.1) is 34.0 Å². The van der Waals surface area contributed by atoms with Crippen molar-refractivity contribution < 1.29 is 4.74 Å². The number of anilines is 1. The number of nitrogens with zero attached hydrogens (tertiary/aromatic N) is 4. The van der Waals surface area contributed by atoms with Crippen LogP contribution in [0.15, 0.2) is 29.6 Å². The molecule has 0 aliphatic heterocycles. The Bertz CT molecular complexity index is 538. The van der Waals surface area contributed by atoms with Gasteiger partial charge in [-0.2, -0.15) is 15.8 Å². The average molecular weight is 225 g/mol. The van der Waals surface area contributed by atoms with Crippen LogP contribution >= 0.6 is 0 Å². The fraction of sp³-hybridized carbons (Fsp3) is 0.0909. The number of allylic oxidation sites excluding steroid dienone is 2. The molecular weight excluding hydrogens is 218 g/mol. The summed E-state index contributed by atoms with van der Waals surface area (Å²) in [5.41, 5.74) is 0.107. The molecule has 0 saturated carbocycles. The Labute approximate surface area is 98.0 Å². The third kappa shape index (κ3) is 2.95. The van der Waals surface area contributed by atoms with Crippen molar-refractivity contribution >= 4 is 5.69 Å². The predicted octanol–water partition coefficient (Wildman–Crippen LogP) is 1.33. The third-order valence-electron chi connectivity index (χ3n) is 1.80. The Morgan fingerprint density at radius 1 is 1.24 bits per heavy atom. The molecule has 82 valence electrons. The first kappa shape index (κ1) is 12.0. The van der Waals surface area contributed by atoms with Gasteiger partial charge in [0.2, 0.25) is 5.88 Å². The Hall–Kier alpha value is -3.04. The summed E-state index contributed by atoms with van der Waals surface area (Å²) in [6.45, 7) is 0. The van der Waals surface area contributed by atoms with E-state index < -0.39 is 0 Å². The van der Waals surface area contributed by atoms with Crippen molar-refractivity contribution in [2.24, 2.45) is 0 Å². The molecular formula is C11H7N5O. The highest BCUT2D eigenvalue weighted by atomic mass is 16.5. The molecule has 6 nitrogen and oxygen atoms in total. The number of pyridine rings is 1. The number of hydrogen-bond donors (Lipinski definition) is 1. The van der Waals surface area contributed by atoms with E-state index in [1.807, 2.05) is 0 Å². The highest BCUT2D eigenvalue weighted by molar-refractivity contribution is 5.57. The second-order valence-electron chi connectivity index (χ2n) is 2.80. The monoisotopic (exact) mass is 225 g/mol. The van der Waals surface area contributed by atoms with Crippen molar-refractivity contribution in [2.75, 3.05) is 12.4 Å². The van der Waals surface area contributed by atoms with Gasteiger partial charge in [-0.1, -0.05) is 0 Å². The van der Waals surface area contributed by atoms with Crippen LogP contribution in [0.3, 0.4) is 0 Å². The van der Waals surface area contributed by atoms with Crippen LogP contribution in [-0.2, 0) is 0 Å². The van der Waals surface area contributed by atoms with Gasteiger partial charge in [0.25, 0.3) is 0 Å². The lowest BCUT2D eigenvalue weighted by atomic mass is 10.2. The first-order valence-corrected chi connectivity index (χ1v) is 4.46.